The Kier molecular flexibility index (Phi) is 5.94. The fourth-order valence-corrected chi connectivity index (χ4v) is 4.61. The Balaban J connectivity index is 1.52. The summed E-state index contributed by atoms with van der Waals surface area (Å²) in [5, 5.41) is 1.67. The molecule has 34 heavy (non-hydrogen) atoms. The average Bonchev–Trinajstić information content (AvgIpc) is 3.39. The van der Waals surface area contributed by atoms with Crippen molar-refractivity contribution in [1.29, 1.82) is 0 Å². The van der Waals surface area contributed by atoms with Crippen molar-refractivity contribution in [1.82, 2.24) is 0 Å². The average molecular weight is 459 g/mol. The standard InChI is InChI=1S/C27H26N2O5/c1-3-17-33-20-15-13-18(14-16-20)28-26(30)23-24(21-11-7-8-12-22(21)32-2)29(34-25(23)27(28)31)19-9-5-4-6-10-19/h4-16,23-25H,3,17H2,1-2H3/t23-,24-,25-/m1/s1. The van der Waals surface area contributed by atoms with Crippen molar-refractivity contribution in [2.75, 3.05) is 23.7 Å². The molecular weight excluding hydrogens is 432 g/mol. The molecular formula is C27H26N2O5. The van der Waals surface area contributed by atoms with Gasteiger partial charge in [0.25, 0.3) is 5.91 Å². The van der Waals surface area contributed by atoms with Crippen molar-refractivity contribution >= 4 is 23.2 Å². The number of carbonyl (C=O) groups excluding carboxylic acids is 2. The number of amides is 2. The van der Waals surface area contributed by atoms with E-state index in [2.05, 4.69) is 0 Å². The van der Waals surface area contributed by atoms with Gasteiger partial charge in [0.1, 0.15) is 17.4 Å². The predicted octanol–water partition coefficient (Wildman–Crippen LogP) is 4.54. The summed E-state index contributed by atoms with van der Waals surface area (Å²) in [6.45, 7) is 2.64. The van der Waals surface area contributed by atoms with Crippen molar-refractivity contribution < 1.29 is 23.9 Å². The van der Waals surface area contributed by atoms with Crippen LogP contribution in [0.3, 0.4) is 0 Å². The smallest absolute Gasteiger partial charge is 0.266 e. The summed E-state index contributed by atoms with van der Waals surface area (Å²) >= 11 is 0. The number of hydrogen-bond donors (Lipinski definition) is 0. The van der Waals surface area contributed by atoms with E-state index in [1.54, 1.807) is 36.4 Å². The summed E-state index contributed by atoms with van der Waals surface area (Å²) in [5.74, 6) is -0.0701. The van der Waals surface area contributed by atoms with Gasteiger partial charge in [-0.3, -0.25) is 14.4 Å². The summed E-state index contributed by atoms with van der Waals surface area (Å²) in [7, 11) is 1.59. The lowest BCUT2D eigenvalue weighted by Crippen LogP contribution is -2.37. The second-order valence-electron chi connectivity index (χ2n) is 8.25. The van der Waals surface area contributed by atoms with Crippen LogP contribution in [0.25, 0.3) is 0 Å². The molecule has 2 saturated heterocycles. The molecule has 0 bridgehead atoms. The minimum absolute atomic E-state index is 0.299. The molecule has 5 rings (SSSR count). The van der Waals surface area contributed by atoms with Gasteiger partial charge >= 0.3 is 0 Å². The zero-order chi connectivity index (χ0) is 23.7. The Morgan fingerprint density at radius 1 is 0.853 bits per heavy atom. The van der Waals surface area contributed by atoms with Gasteiger partial charge in [0.2, 0.25) is 5.91 Å². The molecule has 0 aliphatic carbocycles. The summed E-state index contributed by atoms with van der Waals surface area (Å²) in [6, 6.07) is 23.5. The van der Waals surface area contributed by atoms with Crippen LogP contribution in [0, 0.1) is 5.92 Å². The first-order valence-electron chi connectivity index (χ1n) is 11.4. The maximum atomic E-state index is 13.7. The summed E-state index contributed by atoms with van der Waals surface area (Å²) in [6.07, 6.45) is -0.0352. The van der Waals surface area contributed by atoms with E-state index >= 15 is 0 Å². The number of benzene rings is 3. The van der Waals surface area contributed by atoms with Crippen LogP contribution in [-0.2, 0) is 14.4 Å². The maximum absolute atomic E-state index is 13.7. The summed E-state index contributed by atoms with van der Waals surface area (Å²) < 4.78 is 11.2. The molecule has 2 fully saturated rings. The van der Waals surface area contributed by atoms with E-state index in [0.717, 1.165) is 17.7 Å². The van der Waals surface area contributed by atoms with E-state index in [0.29, 0.717) is 23.8 Å². The second-order valence-corrected chi connectivity index (χ2v) is 8.25. The molecule has 3 aromatic rings. The number of hydrogen-bond acceptors (Lipinski definition) is 6. The van der Waals surface area contributed by atoms with Gasteiger partial charge in [-0.15, -0.1) is 0 Å². The van der Waals surface area contributed by atoms with Crippen LogP contribution in [-0.4, -0.2) is 31.6 Å². The lowest BCUT2D eigenvalue weighted by molar-refractivity contribution is -0.126. The normalized spacial score (nSPS) is 21.6. The molecule has 174 valence electrons. The van der Waals surface area contributed by atoms with Crippen molar-refractivity contribution in [2.24, 2.45) is 5.92 Å². The first-order chi connectivity index (χ1) is 16.6. The third-order valence-electron chi connectivity index (χ3n) is 6.15. The number of fused-ring (bicyclic) bond motifs is 1. The zero-order valence-electron chi connectivity index (χ0n) is 19.1. The second kappa shape index (κ2) is 9.19. The fourth-order valence-electron chi connectivity index (χ4n) is 4.61. The number of imide groups is 1. The van der Waals surface area contributed by atoms with Gasteiger partial charge in [0.15, 0.2) is 6.10 Å². The van der Waals surface area contributed by atoms with E-state index in [4.69, 9.17) is 14.3 Å². The highest BCUT2D eigenvalue weighted by atomic mass is 16.7. The molecule has 3 atom stereocenters. The summed E-state index contributed by atoms with van der Waals surface area (Å²) in [5.41, 5.74) is 2.05. The number of rotatable bonds is 7. The molecule has 7 heteroatoms. The summed E-state index contributed by atoms with van der Waals surface area (Å²) in [4.78, 5) is 34.6. The molecule has 2 aliphatic rings. The lowest BCUT2D eigenvalue weighted by Gasteiger charge is -2.29. The van der Waals surface area contributed by atoms with Crippen molar-refractivity contribution in [2.45, 2.75) is 25.5 Å². The number of hydroxylamine groups is 1. The molecule has 2 heterocycles. The predicted molar refractivity (Wildman–Crippen MR) is 128 cm³/mol. The SMILES string of the molecule is CCCOc1ccc(N2C(=O)[C@@H]3[C@@H](c4ccccc4OC)N(c4ccccc4)O[C@H]3C2=O)cc1. The van der Waals surface area contributed by atoms with Gasteiger partial charge in [-0.25, -0.2) is 9.96 Å². The maximum Gasteiger partial charge on any atom is 0.266 e. The lowest BCUT2D eigenvalue weighted by atomic mass is 9.90. The van der Waals surface area contributed by atoms with Gasteiger partial charge < -0.3 is 9.47 Å². The Morgan fingerprint density at radius 3 is 2.26 bits per heavy atom. The van der Waals surface area contributed by atoms with Crippen molar-refractivity contribution in [3.05, 3.63) is 84.4 Å². The van der Waals surface area contributed by atoms with Crippen molar-refractivity contribution in [3.63, 3.8) is 0 Å². The molecule has 3 aromatic carbocycles. The minimum atomic E-state index is -0.932. The van der Waals surface area contributed by atoms with E-state index in [1.165, 1.54) is 4.90 Å². The van der Waals surface area contributed by atoms with Gasteiger partial charge in [0, 0.05) is 5.56 Å². The van der Waals surface area contributed by atoms with E-state index < -0.39 is 18.1 Å². The molecule has 0 unspecified atom stereocenters. The third kappa shape index (κ3) is 3.68. The quantitative estimate of drug-likeness (QED) is 0.485. The Morgan fingerprint density at radius 2 is 1.56 bits per heavy atom. The van der Waals surface area contributed by atoms with Crippen LogP contribution in [0.2, 0.25) is 0 Å². The van der Waals surface area contributed by atoms with Crippen LogP contribution >= 0.6 is 0 Å². The third-order valence-corrected chi connectivity index (χ3v) is 6.15. The highest BCUT2D eigenvalue weighted by Crippen LogP contribution is 2.49. The number of methoxy groups -OCH3 is 1. The molecule has 0 spiro atoms. The molecule has 0 radical (unpaired) electrons. The number of ether oxygens (including phenoxy) is 2. The number of nitrogens with zero attached hydrogens (tertiary/aromatic N) is 2. The molecule has 0 N–H and O–H groups in total. The topological polar surface area (TPSA) is 68.3 Å². The van der Waals surface area contributed by atoms with Gasteiger partial charge in [-0.1, -0.05) is 43.3 Å². The fraction of sp³-hybridized carbons (Fsp3) is 0.259. The van der Waals surface area contributed by atoms with Crippen LogP contribution in [0.5, 0.6) is 11.5 Å². The Labute approximate surface area is 198 Å². The molecule has 2 aliphatic heterocycles. The first kappa shape index (κ1) is 22.0. The van der Waals surface area contributed by atoms with E-state index in [-0.39, 0.29) is 11.8 Å². The highest BCUT2D eigenvalue weighted by Gasteiger charge is 2.60. The monoisotopic (exact) mass is 458 g/mol. The van der Waals surface area contributed by atoms with E-state index in [1.807, 2.05) is 61.5 Å². The highest BCUT2D eigenvalue weighted by molar-refractivity contribution is 6.24. The largest absolute Gasteiger partial charge is 0.496 e. The Hall–Kier alpha value is -3.84. The molecule has 0 saturated carbocycles. The zero-order valence-corrected chi connectivity index (χ0v) is 19.1. The van der Waals surface area contributed by atoms with Gasteiger partial charge in [-0.2, -0.15) is 0 Å². The van der Waals surface area contributed by atoms with Crippen molar-refractivity contribution in [3.8, 4) is 11.5 Å². The van der Waals surface area contributed by atoms with Gasteiger partial charge in [0.05, 0.1) is 31.1 Å². The molecule has 2 amide bonds. The van der Waals surface area contributed by atoms with Crippen LogP contribution in [0.4, 0.5) is 11.4 Å². The molecule has 7 nitrogen and oxygen atoms in total. The molecule has 0 aromatic heterocycles. The van der Waals surface area contributed by atoms with Crippen LogP contribution in [0.1, 0.15) is 24.9 Å². The van der Waals surface area contributed by atoms with Crippen LogP contribution in [0.15, 0.2) is 78.9 Å². The van der Waals surface area contributed by atoms with Crippen LogP contribution < -0.4 is 19.4 Å². The first-order valence-corrected chi connectivity index (χ1v) is 11.4. The van der Waals surface area contributed by atoms with E-state index in [9.17, 15) is 9.59 Å². The number of para-hydroxylation sites is 2. The number of carbonyl (C=O) groups is 2. The minimum Gasteiger partial charge on any atom is -0.496 e. The number of anilines is 2. The Bertz CT molecular complexity index is 1180. The van der Waals surface area contributed by atoms with Gasteiger partial charge in [-0.05, 0) is 48.9 Å².